The highest BCUT2D eigenvalue weighted by Gasteiger charge is 2.28. The van der Waals surface area contributed by atoms with Crippen LogP contribution in [0.1, 0.15) is 31.9 Å². The number of piperidine rings is 1. The molecule has 1 aliphatic heterocycles. The van der Waals surface area contributed by atoms with Gasteiger partial charge >= 0.3 is 5.69 Å². The molecule has 1 aromatic rings. The van der Waals surface area contributed by atoms with Crippen LogP contribution in [0.2, 0.25) is 5.28 Å². The summed E-state index contributed by atoms with van der Waals surface area (Å²) in [6.45, 7) is 5.33. The van der Waals surface area contributed by atoms with Crippen LogP contribution in [0.25, 0.3) is 0 Å². The van der Waals surface area contributed by atoms with Gasteiger partial charge in [0.1, 0.15) is 5.69 Å². The van der Waals surface area contributed by atoms with Crippen LogP contribution in [-0.4, -0.2) is 28.0 Å². The first-order valence-electron chi connectivity index (χ1n) is 6.46. The van der Waals surface area contributed by atoms with E-state index in [0.29, 0.717) is 17.4 Å². The zero-order valence-corrected chi connectivity index (χ0v) is 11.9. The molecule has 6 nitrogen and oxygen atoms in total. The number of halogens is 1. The molecule has 1 fully saturated rings. The van der Waals surface area contributed by atoms with Gasteiger partial charge in [-0.25, -0.2) is 4.98 Å². The maximum atomic E-state index is 11.2. The van der Waals surface area contributed by atoms with E-state index in [9.17, 15) is 10.1 Å². The SMILES string of the molecule is CCC1CCN(c2nc(Cl)nc(C)c2[N+](=O)[O-])CC1. The predicted octanol–water partition coefficient (Wildman–Crippen LogP) is 2.97. The monoisotopic (exact) mass is 284 g/mol. The normalized spacial score (nSPS) is 16.7. The molecular formula is C12H17ClN4O2. The summed E-state index contributed by atoms with van der Waals surface area (Å²) in [5, 5.41) is 11.2. The van der Waals surface area contributed by atoms with E-state index in [4.69, 9.17) is 11.6 Å². The highest BCUT2D eigenvalue weighted by molar-refractivity contribution is 6.28. The molecule has 0 atom stereocenters. The molecule has 7 heteroatoms. The zero-order chi connectivity index (χ0) is 14.0. The fourth-order valence-electron chi connectivity index (χ4n) is 2.51. The van der Waals surface area contributed by atoms with E-state index in [1.165, 1.54) is 0 Å². The Morgan fingerprint density at radius 1 is 1.42 bits per heavy atom. The van der Waals surface area contributed by atoms with Gasteiger partial charge in [0.15, 0.2) is 0 Å². The van der Waals surface area contributed by atoms with Crippen LogP contribution < -0.4 is 4.90 Å². The third-order valence-electron chi connectivity index (χ3n) is 3.69. The minimum Gasteiger partial charge on any atom is -0.351 e. The van der Waals surface area contributed by atoms with E-state index < -0.39 is 4.92 Å². The summed E-state index contributed by atoms with van der Waals surface area (Å²) in [5.74, 6) is 1.06. The molecule has 0 N–H and O–H groups in total. The predicted molar refractivity (Wildman–Crippen MR) is 73.7 cm³/mol. The second-order valence-electron chi connectivity index (χ2n) is 4.85. The lowest BCUT2D eigenvalue weighted by Gasteiger charge is -2.32. The quantitative estimate of drug-likeness (QED) is 0.485. The van der Waals surface area contributed by atoms with Crippen molar-refractivity contribution in [3.8, 4) is 0 Å². The van der Waals surface area contributed by atoms with Gasteiger partial charge < -0.3 is 4.90 Å². The number of nitrogens with zero attached hydrogens (tertiary/aromatic N) is 4. The molecule has 19 heavy (non-hydrogen) atoms. The van der Waals surface area contributed by atoms with Crippen molar-refractivity contribution in [3.63, 3.8) is 0 Å². The summed E-state index contributed by atoms with van der Waals surface area (Å²) in [4.78, 5) is 20.6. The van der Waals surface area contributed by atoms with Gasteiger partial charge in [-0.2, -0.15) is 4.98 Å². The summed E-state index contributed by atoms with van der Waals surface area (Å²) in [6, 6.07) is 0. The van der Waals surface area contributed by atoms with Crippen LogP contribution in [0.3, 0.4) is 0 Å². The lowest BCUT2D eigenvalue weighted by molar-refractivity contribution is -0.385. The number of aryl methyl sites for hydroxylation is 1. The Bertz CT molecular complexity index is 487. The van der Waals surface area contributed by atoms with Gasteiger partial charge in [-0.3, -0.25) is 10.1 Å². The molecule has 0 radical (unpaired) electrons. The van der Waals surface area contributed by atoms with Crippen molar-refractivity contribution < 1.29 is 4.92 Å². The zero-order valence-electron chi connectivity index (χ0n) is 11.1. The average molecular weight is 285 g/mol. The molecule has 1 saturated heterocycles. The molecular weight excluding hydrogens is 268 g/mol. The molecule has 104 valence electrons. The Hall–Kier alpha value is -1.43. The number of aromatic nitrogens is 2. The molecule has 0 aliphatic carbocycles. The molecule has 2 rings (SSSR count). The van der Waals surface area contributed by atoms with Crippen LogP contribution in [0.5, 0.6) is 0 Å². The second kappa shape index (κ2) is 5.69. The maximum Gasteiger partial charge on any atom is 0.332 e. The Kier molecular flexibility index (Phi) is 4.19. The van der Waals surface area contributed by atoms with E-state index >= 15 is 0 Å². The minimum atomic E-state index is -0.424. The minimum absolute atomic E-state index is 0.0284. The van der Waals surface area contributed by atoms with Crippen molar-refractivity contribution in [3.05, 3.63) is 21.1 Å². The van der Waals surface area contributed by atoms with E-state index in [1.54, 1.807) is 6.92 Å². The fraction of sp³-hybridized carbons (Fsp3) is 0.667. The van der Waals surface area contributed by atoms with Gasteiger partial charge in [-0.1, -0.05) is 13.3 Å². The summed E-state index contributed by atoms with van der Waals surface area (Å²) in [7, 11) is 0. The third kappa shape index (κ3) is 2.94. The summed E-state index contributed by atoms with van der Waals surface area (Å²) >= 11 is 5.83. The number of rotatable bonds is 3. The lowest BCUT2D eigenvalue weighted by atomic mass is 9.94. The molecule has 0 saturated carbocycles. The van der Waals surface area contributed by atoms with Crippen LogP contribution in [0, 0.1) is 23.0 Å². The Morgan fingerprint density at radius 3 is 2.58 bits per heavy atom. The summed E-state index contributed by atoms with van der Waals surface area (Å²) in [6.07, 6.45) is 3.22. The number of anilines is 1. The molecule has 1 aliphatic rings. The lowest BCUT2D eigenvalue weighted by Crippen LogP contribution is -2.34. The van der Waals surface area contributed by atoms with E-state index in [1.807, 2.05) is 4.90 Å². The Morgan fingerprint density at radius 2 is 2.05 bits per heavy atom. The first-order valence-corrected chi connectivity index (χ1v) is 6.84. The average Bonchev–Trinajstić information content (AvgIpc) is 2.37. The van der Waals surface area contributed by atoms with Gasteiger partial charge in [-0.15, -0.1) is 0 Å². The van der Waals surface area contributed by atoms with Crippen molar-refractivity contribution >= 4 is 23.1 Å². The highest BCUT2D eigenvalue weighted by Crippen LogP contribution is 2.32. The van der Waals surface area contributed by atoms with E-state index in [0.717, 1.165) is 32.4 Å². The van der Waals surface area contributed by atoms with Gasteiger partial charge in [-0.05, 0) is 37.3 Å². The van der Waals surface area contributed by atoms with Gasteiger partial charge in [0.25, 0.3) is 0 Å². The van der Waals surface area contributed by atoms with Gasteiger partial charge in [0.05, 0.1) is 4.92 Å². The number of nitro groups is 1. The standard InChI is InChI=1S/C12H17ClN4O2/c1-3-9-4-6-16(7-5-9)11-10(17(18)19)8(2)14-12(13)15-11/h9H,3-7H2,1-2H3. The van der Waals surface area contributed by atoms with Crippen molar-refractivity contribution in [1.29, 1.82) is 0 Å². The van der Waals surface area contributed by atoms with Crippen molar-refractivity contribution in [2.24, 2.45) is 5.92 Å². The largest absolute Gasteiger partial charge is 0.351 e. The topological polar surface area (TPSA) is 72.2 Å². The van der Waals surface area contributed by atoms with Crippen molar-refractivity contribution in [1.82, 2.24) is 9.97 Å². The molecule has 2 heterocycles. The summed E-state index contributed by atoms with van der Waals surface area (Å²) in [5.41, 5.74) is 0.289. The third-order valence-corrected chi connectivity index (χ3v) is 3.86. The van der Waals surface area contributed by atoms with Gasteiger partial charge in [0, 0.05) is 13.1 Å². The maximum absolute atomic E-state index is 11.2. The Balaban J connectivity index is 2.31. The molecule has 1 aromatic heterocycles. The molecule has 0 aromatic carbocycles. The highest BCUT2D eigenvalue weighted by atomic mass is 35.5. The van der Waals surface area contributed by atoms with Crippen LogP contribution in [0.15, 0.2) is 0 Å². The molecule has 0 spiro atoms. The van der Waals surface area contributed by atoms with E-state index in [2.05, 4.69) is 16.9 Å². The number of hydrogen-bond donors (Lipinski definition) is 0. The molecule has 0 amide bonds. The van der Waals surface area contributed by atoms with Crippen LogP contribution in [0.4, 0.5) is 11.5 Å². The van der Waals surface area contributed by atoms with Crippen LogP contribution >= 0.6 is 11.6 Å². The molecule has 0 unspecified atom stereocenters. The smallest absolute Gasteiger partial charge is 0.332 e. The van der Waals surface area contributed by atoms with Crippen LogP contribution in [-0.2, 0) is 0 Å². The van der Waals surface area contributed by atoms with E-state index in [-0.39, 0.29) is 11.0 Å². The van der Waals surface area contributed by atoms with Crippen molar-refractivity contribution in [2.75, 3.05) is 18.0 Å². The summed E-state index contributed by atoms with van der Waals surface area (Å²) < 4.78 is 0. The van der Waals surface area contributed by atoms with Gasteiger partial charge in [0.2, 0.25) is 11.1 Å². The fourth-order valence-corrected chi connectivity index (χ4v) is 2.71. The van der Waals surface area contributed by atoms with Crippen molar-refractivity contribution in [2.45, 2.75) is 33.1 Å². The molecule has 0 bridgehead atoms. The first kappa shape index (κ1) is 14.0. The second-order valence-corrected chi connectivity index (χ2v) is 5.18. The first-order chi connectivity index (χ1) is 9.02. The number of hydrogen-bond acceptors (Lipinski definition) is 5. The Labute approximate surface area is 117 Å².